The van der Waals surface area contributed by atoms with Crippen LogP contribution in [0.25, 0.3) is 0 Å². The van der Waals surface area contributed by atoms with Gasteiger partial charge < -0.3 is 15.5 Å². The van der Waals surface area contributed by atoms with Crippen molar-refractivity contribution >= 4 is 34.5 Å². The number of anilines is 1. The van der Waals surface area contributed by atoms with Gasteiger partial charge in [-0.05, 0) is 38.2 Å². The average Bonchev–Trinajstić information content (AvgIpc) is 2.71. The number of nitrogens with zero attached hydrogens (tertiary/aromatic N) is 2. The van der Waals surface area contributed by atoms with Crippen LogP contribution in [0.4, 0.5) is 5.69 Å². The predicted octanol–water partition coefficient (Wildman–Crippen LogP) is 2.36. The van der Waals surface area contributed by atoms with E-state index in [9.17, 15) is 0 Å². The molecule has 1 aliphatic heterocycles. The molecule has 19 heavy (non-hydrogen) atoms. The number of hydrogen-bond acceptors (Lipinski definition) is 3. The van der Waals surface area contributed by atoms with Gasteiger partial charge in [0, 0.05) is 24.7 Å². The van der Waals surface area contributed by atoms with E-state index in [0.717, 1.165) is 29.4 Å². The van der Waals surface area contributed by atoms with E-state index in [0.29, 0.717) is 16.9 Å². The molecule has 5 heteroatoms. The molecule has 1 heterocycles. The van der Waals surface area contributed by atoms with E-state index >= 15 is 0 Å². The van der Waals surface area contributed by atoms with Crippen LogP contribution >= 0.6 is 23.8 Å². The highest BCUT2D eigenvalue weighted by Gasteiger charge is 2.31. The molecule has 1 aliphatic rings. The van der Waals surface area contributed by atoms with E-state index in [1.807, 2.05) is 18.2 Å². The second-order valence-electron chi connectivity index (χ2n) is 5.44. The quantitative estimate of drug-likeness (QED) is 0.868. The van der Waals surface area contributed by atoms with E-state index in [1.54, 1.807) is 0 Å². The molecule has 1 saturated heterocycles. The summed E-state index contributed by atoms with van der Waals surface area (Å²) in [6, 6.07) is 6.37. The lowest BCUT2D eigenvalue weighted by Gasteiger charge is -2.23. The molecule has 0 aromatic heterocycles. The first-order chi connectivity index (χ1) is 8.90. The molecule has 0 bridgehead atoms. The molecule has 1 aromatic rings. The standard InChI is InChI=1S/C14H20ClN3S/c1-9-7-18(8-13(9)17(2)3)12-5-4-10(14(16)19)6-11(12)15/h4-6,9,13H,7-8H2,1-3H3,(H2,16,19). The van der Waals surface area contributed by atoms with Crippen molar-refractivity contribution in [1.29, 1.82) is 0 Å². The van der Waals surface area contributed by atoms with Crippen LogP contribution in [0.2, 0.25) is 5.02 Å². The molecule has 0 saturated carbocycles. The van der Waals surface area contributed by atoms with Gasteiger partial charge in [-0.25, -0.2) is 0 Å². The Balaban J connectivity index is 2.22. The monoisotopic (exact) mass is 297 g/mol. The molecule has 2 unspecified atom stereocenters. The van der Waals surface area contributed by atoms with Crippen LogP contribution in [-0.2, 0) is 0 Å². The number of benzene rings is 1. The molecule has 0 amide bonds. The van der Waals surface area contributed by atoms with Gasteiger partial charge in [-0.3, -0.25) is 0 Å². The summed E-state index contributed by atoms with van der Waals surface area (Å²) in [6.45, 7) is 4.30. The third kappa shape index (κ3) is 3.02. The average molecular weight is 298 g/mol. The van der Waals surface area contributed by atoms with E-state index < -0.39 is 0 Å². The van der Waals surface area contributed by atoms with Gasteiger partial charge in [-0.1, -0.05) is 30.7 Å². The minimum atomic E-state index is 0.384. The molecular formula is C14H20ClN3S. The first-order valence-corrected chi connectivity index (χ1v) is 7.19. The summed E-state index contributed by atoms with van der Waals surface area (Å²) in [6.07, 6.45) is 0. The maximum atomic E-state index is 6.36. The Morgan fingerprint density at radius 1 is 1.42 bits per heavy atom. The van der Waals surface area contributed by atoms with Crippen molar-refractivity contribution in [1.82, 2.24) is 4.90 Å². The molecule has 2 atom stereocenters. The number of halogens is 1. The Morgan fingerprint density at radius 2 is 2.11 bits per heavy atom. The summed E-state index contributed by atoms with van der Waals surface area (Å²) < 4.78 is 0. The van der Waals surface area contributed by atoms with Gasteiger partial charge in [0.15, 0.2) is 0 Å². The Morgan fingerprint density at radius 3 is 2.58 bits per heavy atom. The molecular weight excluding hydrogens is 278 g/mol. The van der Waals surface area contributed by atoms with Crippen molar-refractivity contribution in [2.45, 2.75) is 13.0 Å². The molecule has 1 aromatic carbocycles. The number of nitrogens with two attached hydrogens (primary N) is 1. The first kappa shape index (κ1) is 14.6. The third-order valence-corrected chi connectivity index (χ3v) is 4.35. The lowest BCUT2D eigenvalue weighted by Crippen LogP contribution is -2.34. The molecule has 3 nitrogen and oxygen atoms in total. The highest BCUT2D eigenvalue weighted by molar-refractivity contribution is 7.80. The van der Waals surface area contributed by atoms with Crippen molar-refractivity contribution < 1.29 is 0 Å². The van der Waals surface area contributed by atoms with Crippen LogP contribution in [0.1, 0.15) is 12.5 Å². The second-order valence-corrected chi connectivity index (χ2v) is 6.29. The molecule has 2 N–H and O–H groups in total. The lowest BCUT2D eigenvalue weighted by atomic mass is 10.1. The molecule has 2 rings (SSSR count). The fourth-order valence-corrected chi connectivity index (χ4v) is 3.16. The first-order valence-electron chi connectivity index (χ1n) is 6.41. The van der Waals surface area contributed by atoms with Crippen molar-refractivity contribution in [3.8, 4) is 0 Å². The summed E-state index contributed by atoms with van der Waals surface area (Å²) in [4.78, 5) is 5.00. The highest BCUT2D eigenvalue weighted by atomic mass is 35.5. The van der Waals surface area contributed by atoms with E-state index in [1.165, 1.54) is 0 Å². The smallest absolute Gasteiger partial charge is 0.104 e. The van der Waals surface area contributed by atoms with Crippen molar-refractivity contribution in [2.75, 3.05) is 32.1 Å². The summed E-state index contributed by atoms with van der Waals surface area (Å²) in [5, 5.41) is 0.719. The molecule has 0 spiro atoms. The third-order valence-electron chi connectivity index (χ3n) is 3.81. The van der Waals surface area contributed by atoms with Gasteiger partial charge in [-0.2, -0.15) is 0 Å². The maximum absolute atomic E-state index is 6.36. The Hall–Kier alpha value is -0.840. The Labute approximate surface area is 125 Å². The van der Waals surface area contributed by atoms with Gasteiger partial charge in [0.1, 0.15) is 4.99 Å². The van der Waals surface area contributed by atoms with Crippen LogP contribution in [0, 0.1) is 5.92 Å². The van der Waals surface area contributed by atoms with Crippen molar-refractivity contribution in [3.05, 3.63) is 28.8 Å². The van der Waals surface area contributed by atoms with E-state index in [4.69, 9.17) is 29.6 Å². The number of hydrogen-bond donors (Lipinski definition) is 1. The normalized spacial score (nSPS) is 23.1. The SMILES string of the molecule is CC1CN(c2ccc(C(N)=S)cc2Cl)CC1N(C)C. The van der Waals surface area contributed by atoms with Gasteiger partial charge in [0.2, 0.25) is 0 Å². The van der Waals surface area contributed by atoms with Gasteiger partial charge in [-0.15, -0.1) is 0 Å². The fraction of sp³-hybridized carbons (Fsp3) is 0.500. The minimum absolute atomic E-state index is 0.384. The zero-order chi connectivity index (χ0) is 14.2. The molecule has 0 aliphatic carbocycles. The van der Waals surface area contributed by atoms with Gasteiger partial charge in [0.25, 0.3) is 0 Å². The van der Waals surface area contributed by atoms with Crippen LogP contribution in [0.3, 0.4) is 0 Å². The number of likely N-dealkylation sites (N-methyl/N-ethyl adjacent to an activating group) is 1. The van der Waals surface area contributed by atoms with Crippen LogP contribution < -0.4 is 10.6 Å². The van der Waals surface area contributed by atoms with Crippen LogP contribution in [0.15, 0.2) is 18.2 Å². The Kier molecular flexibility index (Phi) is 4.33. The van der Waals surface area contributed by atoms with Crippen LogP contribution in [0.5, 0.6) is 0 Å². The maximum Gasteiger partial charge on any atom is 0.104 e. The van der Waals surface area contributed by atoms with Crippen molar-refractivity contribution in [3.63, 3.8) is 0 Å². The predicted molar refractivity (Wildman–Crippen MR) is 86.2 cm³/mol. The lowest BCUT2D eigenvalue weighted by molar-refractivity contribution is 0.266. The van der Waals surface area contributed by atoms with Gasteiger partial charge in [0.05, 0.1) is 10.7 Å². The molecule has 0 radical (unpaired) electrons. The minimum Gasteiger partial charge on any atom is -0.389 e. The molecule has 104 valence electrons. The van der Waals surface area contributed by atoms with E-state index in [-0.39, 0.29) is 0 Å². The summed E-state index contributed by atoms with van der Waals surface area (Å²) in [7, 11) is 4.25. The largest absolute Gasteiger partial charge is 0.389 e. The Bertz CT molecular complexity index is 490. The van der Waals surface area contributed by atoms with E-state index in [2.05, 4.69) is 30.8 Å². The van der Waals surface area contributed by atoms with Crippen molar-refractivity contribution in [2.24, 2.45) is 11.7 Å². The van der Waals surface area contributed by atoms with Gasteiger partial charge >= 0.3 is 0 Å². The summed E-state index contributed by atoms with van der Waals surface area (Å²) in [5.41, 5.74) is 7.51. The fourth-order valence-electron chi connectivity index (χ4n) is 2.74. The summed E-state index contributed by atoms with van der Waals surface area (Å²) >= 11 is 11.3. The molecule has 1 fully saturated rings. The highest BCUT2D eigenvalue weighted by Crippen LogP contribution is 2.32. The topological polar surface area (TPSA) is 32.5 Å². The number of thiocarbonyl (C=S) groups is 1. The zero-order valence-corrected chi connectivity index (χ0v) is 13.1. The second kappa shape index (κ2) is 5.65. The summed E-state index contributed by atoms with van der Waals surface area (Å²) in [5.74, 6) is 0.626. The zero-order valence-electron chi connectivity index (χ0n) is 11.6. The van der Waals surface area contributed by atoms with Crippen LogP contribution in [-0.4, -0.2) is 43.1 Å². The number of rotatable bonds is 3.